The molecule has 2 atom stereocenters. The molecule has 122 valence electrons. The Hall–Kier alpha value is -1.35. The molecule has 0 bridgehead atoms. The number of aryl methyl sites for hydroxylation is 2. The molecule has 3 heteroatoms. The molecule has 1 amide bonds. The first-order valence-electron chi connectivity index (χ1n) is 8.65. The van der Waals surface area contributed by atoms with Crippen LogP contribution in [-0.2, 0) is 11.2 Å². The molecule has 1 heterocycles. The van der Waals surface area contributed by atoms with Crippen LogP contribution in [0.1, 0.15) is 50.2 Å². The number of amides is 1. The fourth-order valence-electron chi connectivity index (χ4n) is 3.18. The first-order valence-corrected chi connectivity index (χ1v) is 8.65. The van der Waals surface area contributed by atoms with Crippen molar-refractivity contribution >= 4 is 5.91 Å². The van der Waals surface area contributed by atoms with Crippen LogP contribution < -0.4 is 5.73 Å². The molecule has 0 radical (unpaired) electrons. The summed E-state index contributed by atoms with van der Waals surface area (Å²) in [6, 6.07) is 8.88. The number of benzene rings is 1. The highest BCUT2D eigenvalue weighted by atomic mass is 16.2. The maximum atomic E-state index is 12.3. The molecule has 1 aliphatic rings. The van der Waals surface area contributed by atoms with Gasteiger partial charge >= 0.3 is 0 Å². The Morgan fingerprint density at radius 3 is 2.73 bits per heavy atom. The second-order valence-corrected chi connectivity index (χ2v) is 6.79. The molecular formula is C19H30N2O. The van der Waals surface area contributed by atoms with Gasteiger partial charge in [0.1, 0.15) is 0 Å². The van der Waals surface area contributed by atoms with Crippen LogP contribution in [0.5, 0.6) is 0 Å². The predicted octanol–water partition coefficient (Wildman–Crippen LogP) is 3.29. The van der Waals surface area contributed by atoms with Crippen molar-refractivity contribution < 1.29 is 4.79 Å². The molecule has 0 aromatic heterocycles. The predicted molar refractivity (Wildman–Crippen MR) is 91.7 cm³/mol. The molecule has 1 fully saturated rings. The molecule has 3 nitrogen and oxygen atoms in total. The third kappa shape index (κ3) is 5.13. The Morgan fingerprint density at radius 1 is 1.32 bits per heavy atom. The highest BCUT2D eigenvalue weighted by Gasteiger charge is 2.25. The molecule has 1 aliphatic heterocycles. The number of piperidine rings is 1. The van der Waals surface area contributed by atoms with Crippen LogP contribution in [0.25, 0.3) is 0 Å². The van der Waals surface area contributed by atoms with E-state index < -0.39 is 0 Å². The Balaban J connectivity index is 1.68. The molecule has 0 spiro atoms. The number of hydrogen-bond donors (Lipinski definition) is 1. The van der Waals surface area contributed by atoms with Gasteiger partial charge in [0.15, 0.2) is 0 Å². The minimum Gasteiger partial charge on any atom is -0.342 e. The summed E-state index contributed by atoms with van der Waals surface area (Å²) in [6.07, 6.45) is 6.06. The number of unbranched alkanes of at least 4 members (excludes halogenated alkanes) is 1. The van der Waals surface area contributed by atoms with Crippen LogP contribution in [0, 0.1) is 12.8 Å². The minimum atomic E-state index is 0.192. The lowest BCUT2D eigenvalue weighted by Gasteiger charge is -2.34. The van der Waals surface area contributed by atoms with Crippen molar-refractivity contribution in [2.24, 2.45) is 11.7 Å². The Labute approximate surface area is 134 Å². The van der Waals surface area contributed by atoms with E-state index >= 15 is 0 Å². The number of hydrogen-bond acceptors (Lipinski definition) is 2. The third-order valence-corrected chi connectivity index (χ3v) is 4.78. The van der Waals surface area contributed by atoms with Crippen LogP contribution in [0.15, 0.2) is 24.3 Å². The third-order valence-electron chi connectivity index (χ3n) is 4.78. The van der Waals surface area contributed by atoms with Gasteiger partial charge in [-0.25, -0.2) is 0 Å². The monoisotopic (exact) mass is 302 g/mol. The summed E-state index contributed by atoms with van der Waals surface area (Å²) in [4.78, 5) is 14.3. The summed E-state index contributed by atoms with van der Waals surface area (Å²) in [7, 11) is 0. The van der Waals surface area contributed by atoms with Gasteiger partial charge in [0.05, 0.1) is 0 Å². The van der Waals surface area contributed by atoms with Gasteiger partial charge < -0.3 is 10.6 Å². The van der Waals surface area contributed by atoms with Gasteiger partial charge in [-0.2, -0.15) is 0 Å². The van der Waals surface area contributed by atoms with Crippen LogP contribution in [0.4, 0.5) is 0 Å². The SMILES string of the molecule is Cc1ccc(CCCCC(=O)N2CCCC(C(C)N)C2)cc1. The maximum Gasteiger partial charge on any atom is 0.222 e. The lowest BCUT2D eigenvalue weighted by atomic mass is 9.92. The summed E-state index contributed by atoms with van der Waals surface area (Å²) in [5, 5.41) is 0. The Morgan fingerprint density at radius 2 is 2.05 bits per heavy atom. The van der Waals surface area contributed by atoms with Crippen LogP contribution in [0.2, 0.25) is 0 Å². The van der Waals surface area contributed by atoms with Crippen LogP contribution in [-0.4, -0.2) is 29.9 Å². The number of rotatable bonds is 6. The van der Waals surface area contributed by atoms with Crippen LogP contribution >= 0.6 is 0 Å². The maximum absolute atomic E-state index is 12.3. The van der Waals surface area contributed by atoms with Crippen molar-refractivity contribution in [2.75, 3.05) is 13.1 Å². The molecule has 2 rings (SSSR count). The molecule has 2 N–H and O–H groups in total. The van der Waals surface area contributed by atoms with Gasteiger partial charge in [-0.1, -0.05) is 29.8 Å². The summed E-state index contributed by atoms with van der Waals surface area (Å²) in [5.41, 5.74) is 8.66. The zero-order valence-corrected chi connectivity index (χ0v) is 14.1. The largest absolute Gasteiger partial charge is 0.342 e. The molecule has 1 aromatic carbocycles. The molecule has 1 saturated heterocycles. The Bertz CT molecular complexity index is 467. The summed E-state index contributed by atoms with van der Waals surface area (Å²) in [6.45, 7) is 5.94. The fraction of sp³-hybridized carbons (Fsp3) is 0.632. The molecule has 0 aliphatic carbocycles. The summed E-state index contributed by atoms with van der Waals surface area (Å²) in [5.74, 6) is 0.791. The zero-order valence-electron chi connectivity index (χ0n) is 14.1. The van der Waals surface area contributed by atoms with E-state index in [9.17, 15) is 4.79 Å². The molecule has 22 heavy (non-hydrogen) atoms. The van der Waals surface area contributed by atoms with Crippen molar-refractivity contribution in [2.45, 2.75) is 58.4 Å². The zero-order chi connectivity index (χ0) is 15.9. The second kappa shape index (κ2) is 8.33. The van der Waals surface area contributed by atoms with Crippen molar-refractivity contribution in [1.29, 1.82) is 0 Å². The summed E-state index contributed by atoms with van der Waals surface area (Å²) >= 11 is 0. The van der Waals surface area contributed by atoms with Gasteiger partial charge in [-0.15, -0.1) is 0 Å². The normalized spacial score (nSPS) is 20.0. The second-order valence-electron chi connectivity index (χ2n) is 6.79. The van der Waals surface area contributed by atoms with Crippen molar-refractivity contribution in [3.63, 3.8) is 0 Å². The van der Waals surface area contributed by atoms with E-state index in [1.165, 1.54) is 11.1 Å². The molecule has 2 unspecified atom stereocenters. The van der Waals surface area contributed by atoms with Gasteiger partial charge in [-0.05, 0) is 57.4 Å². The van der Waals surface area contributed by atoms with Gasteiger partial charge in [0, 0.05) is 25.6 Å². The molecular weight excluding hydrogens is 272 g/mol. The van der Waals surface area contributed by atoms with E-state index in [-0.39, 0.29) is 6.04 Å². The standard InChI is InChI=1S/C19H30N2O/c1-15-9-11-17(12-10-15)6-3-4-8-19(22)21-13-5-7-18(14-21)16(2)20/h9-12,16,18H,3-8,13-14,20H2,1-2H3. The minimum absolute atomic E-state index is 0.192. The highest BCUT2D eigenvalue weighted by molar-refractivity contribution is 5.76. The van der Waals surface area contributed by atoms with Crippen molar-refractivity contribution in [3.8, 4) is 0 Å². The Kier molecular flexibility index (Phi) is 6.44. The van der Waals surface area contributed by atoms with E-state index in [2.05, 4.69) is 38.1 Å². The van der Waals surface area contributed by atoms with Gasteiger partial charge in [-0.3, -0.25) is 4.79 Å². The number of carbonyl (C=O) groups excluding carboxylic acids is 1. The van der Waals surface area contributed by atoms with E-state index in [0.29, 0.717) is 18.2 Å². The molecule has 1 aromatic rings. The number of carbonyl (C=O) groups is 1. The van der Waals surface area contributed by atoms with E-state index in [0.717, 1.165) is 45.2 Å². The number of nitrogens with zero attached hydrogens (tertiary/aromatic N) is 1. The number of likely N-dealkylation sites (tertiary alicyclic amines) is 1. The lowest BCUT2D eigenvalue weighted by Crippen LogP contribution is -2.44. The van der Waals surface area contributed by atoms with Gasteiger partial charge in [0.2, 0.25) is 5.91 Å². The highest BCUT2D eigenvalue weighted by Crippen LogP contribution is 2.20. The van der Waals surface area contributed by atoms with Crippen molar-refractivity contribution in [3.05, 3.63) is 35.4 Å². The van der Waals surface area contributed by atoms with Crippen molar-refractivity contribution in [1.82, 2.24) is 4.90 Å². The van der Waals surface area contributed by atoms with E-state index in [1.54, 1.807) is 0 Å². The first-order chi connectivity index (χ1) is 10.6. The summed E-state index contributed by atoms with van der Waals surface area (Å²) < 4.78 is 0. The number of nitrogens with two attached hydrogens (primary N) is 1. The van der Waals surface area contributed by atoms with Crippen LogP contribution in [0.3, 0.4) is 0 Å². The van der Waals surface area contributed by atoms with E-state index in [4.69, 9.17) is 5.73 Å². The molecule has 0 saturated carbocycles. The first kappa shape index (κ1) is 17.0. The fourth-order valence-corrected chi connectivity index (χ4v) is 3.18. The topological polar surface area (TPSA) is 46.3 Å². The quantitative estimate of drug-likeness (QED) is 0.820. The smallest absolute Gasteiger partial charge is 0.222 e. The average molecular weight is 302 g/mol. The lowest BCUT2D eigenvalue weighted by molar-refractivity contribution is -0.133. The average Bonchev–Trinajstić information content (AvgIpc) is 2.53. The van der Waals surface area contributed by atoms with Gasteiger partial charge in [0.25, 0.3) is 0 Å². The van der Waals surface area contributed by atoms with E-state index in [1.807, 2.05) is 4.90 Å².